The van der Waals surface area contributed by atoms with Crippen LogP contribution in [0.2, 0.25) is 0 Å². The van der Waals surface area contributed by atoms with Gasteiger partial charge in [-0.25, -0.2) is 0 Å². The first kappa shape index (κ1) is 14.1. The highest BCUT2D eigenvalue weighted by Crippen LogP contribution is 2.48. The zero-order valence-electron chi connectivity index (χ0n) is 10.5. The fraction of sp³-hybridized carbons (Fsp3) is 0.133. The summed E-state index contributed by atoms with van der Waals surface area (Å²) in [4.78, 5) is 10.9. The number of amides is 1. The Morgan fingerprint density at radius 1 is 1.05 bits per heavy atom. The largest absolute Gasteiger partial charge is 0.471 e. The van der Waals surface area contributed by atoms with Crippen LogP contribution >= 0.6 is 15.9 Å². The molecule has 1 amide bonds. The maximum Gasteiger partial charge on any atom is 0.471 e. The molecular formula is C15H9BrF3NO. The summed E-state index contributed by atoms with van der Waals surface area (Å²) in [5.74, 6) is -1.97. The summed E-state index contributed by atoms with van der Waals surface area (Å²) in [5.41, 5.74) is 4.04. The van der Waals surface area contributed by atoms with Crippen molar-refractivity contribution in [2.45, 2.75) is 11.0 Å². The predicted octanol–water partition coefficient (Wildman–Crippen LogP) is 4.65. The van der Waals surface area contributed by atoms with E-state index in [-0.39, 0.29) is 10.5 Å². The van der Waals surface area contributed by atoms with Crippen LogP contribution in [0.15, 0.2) is 42.5 Å². The minimum absolute atomic E-state index is 0.0913. The van der Waals surface area contributed by atoms with E-state index in [9.17, 15) is 18.0 Å². The molecule has 0 fully saturated rings. The van der Waals surface area contributed by atoms with Crippen molar-refractivity contribution in [3.05, 3.63) is 53.6 Å². The van der Waals surface area contributed by atoms with E-state index in [4.69, 9.17) is 0 Å². The molecule has 0 spiro atoms. The third kappa shape index (κ3) is 2.44. The topological polar surface area (TPSA) is 29.1 Å². The van der Waals surface area contributed by atoms with Crippen molar-refractivity contribution in [3.63, 3.8) is 0 Å². The summed E-state index contributed by atoms with van der Waals surface area (Å²) in [6.07, 6.45) is -4.89. The molecule has 2 aromatic rings. The van der Waals surface area contributed by atoms with Crippen LogP contribution in [0.25, 0.3) is 11.1 Å². The minimum Gasteiger partial charge on any atom is -0.318 e. The smallest absolute Gasteiger partial charge is 0.318 e. The second-order valence-electron chi connectivity index (χ2n) is 4.70. The summed E-state index contributed by atoms with van der Waals surface area (Å²) in [7, 11) is 0. The summed E-state index contributed by atoms with van der Waals surface area (Å²) in [6.45, 7) is 0. The van der Waals surface area contributed by atoms with Gasteiger partial charge in [-0.1, -0.05) is 46.3 Å². The number of carbonyl (C=O) groups excluding carboxylic acids is 1. The van der Waals surface area contributed by atoms with Gasteiger partial charge >= 0.3 is 12.1 Å². The monoisotopic (exact) mass is 355 g/mol. The van der Waals surface area contributed by atoms with E-state index in [1.165, 1.54) is 6.07 Å². The van der Waals surface area contributed by atoms with E-state index in [2.05, 4.69) is 15.9 Å². The average Bonchev–Trinajstić information content (AvgIpc) is 2.72. The van der Waals surface area contributed by atoms with Gasteiger partial charge < -0.3 is 5.32 Å². The van der Waals surface area contributed by atoms with Crippen LogP contribution in [-0.2, 0) is 4.79 Å². The van der Waals surface area contributed by atoms with Crippen LogP contribution in [0, 0.1) is 0 Å². The molecule has 1 N–H and O–H groups in total. The molecule has 3 rings (SSSR count). The maximum absolute atomic E-state index is 12.3. The van der Waals surface area contributed by atoms with Crippen molar-refractivity contribution in [2.24, 2.45) is 0 Å². The third-order valence-electron chi connectivity index (χ3n) is 3.36. The Hall–Kier alpha value is -1.82. The molecule has 2 aromatic carbocycles. The SMILES string of the molecule is O=C(Nc1ccc2c(c1)[C@@H](Br)c1ccccc1-2)C(F)(F)F. The number of hydrogen-bond acceptors (Lipinski definition) is 1. The molecule has 0 aliphatic heterocycles. The molecule has 1 aliphatic rings. The summed E-state index contributed by atoms with van der Waals surface area (Å²) < 4.78 is 36.8. The van der Waals surface area contributed by atoms with Crippen molar-refractivity contribution in [1.29, 1.82) is 0 Å². The van der Waals surface area contributed by atoms with Crippen molar-refractivity contribution < 1.29 is 18.0 Å². The number of alkyl halides is 4. The highest BCUT2D eigenvalue weighted by molar-refractivity contribution is 9.09. The zero-order valence-corrected chi connectivity index (χ0v) is 12.1. The van der Waals surface area contributed by atoms with Gasteiger partial charge in [0.1, 0.15) is 0 Å². The van der Waals surface area contributed by atoms with Crippen molar-refractivity contribution in [2.75, 3.05) is 5.32 Å². The fourth-order valence-corrected chi connectivity index (χ4v) is 3.21. The Bertz CT molecular complexity index is 727. The van der Waals surface area contributed by atoms with Crippen LogP contribution in [0.4, 0.5) is 18.9 Å². The summed E-state index contributed by atoms with van der Waals surface area (Å²) >= 11 is 3.54. The number of halogens is 4. The molecule has 0 bridgehead atoms. The maximum atomic E-state index is 12.3. The molecule has 0 saturated heterocycles. The lowest BCUT2D eigenvalue weighted by atomic mass is 10.1. The Morgan fingerprint density at radius 3 is 2.43 bits per heavy atom. The Balaban J connectivity index is 1.96. The van der Waals surface area contributed by atoms with Gasteiger partial charge in [-0.2, -0.15) is 13.2 Å². The quantitative estimate of drug-likeness (QED) is 0.741. The minimum atomic E-state index is -4.89. The Labute approximate surface area is 127 Å². The first-order valence-corrected chi connectivity index (χ1v) is 7.05. The second-order valence-corrected chi connectivity index (χ2v) is 5.62. The zero-order chi connectivity index (χ0) is 15.2. The molecule has 1 atom stereocenters. The molecule has 0 unspecified atom stereocenters. The van der Waals surface area contributed by atoms with E-state index in [0.29, 0.717) is 0 Å². The number of anilines is 1. The van der Waals surface area contributed by atoms with E-state index in [1.807, 2.05) is 29.6 Å². The lowest BCUT2D eigenvalue weighted by Crippen LogP contribution is -2.29. The van der Waals surface area contributed by atoms with Crippen LogP contribution in [-0.4, -0.2) is 12.1 Å². The molecule has 1 aliphatic carbocycles. The molecule has 108 valence electrons. The van der Waals surface area contributed by atoms with E-state index in [0.717, 1.165) is 22.3 Å². The number of nitrogens with one attached hydrogen (secondary N) is 1. The fourth-order valence-electron chi connectivity index (χ4n) is 2.43. The molecule has 0 radical (unpaired) electrons. The second kappa shape index (κ2) is 4.87. The average molecular weight is 356 g/mol. The summed E-state index contributed by atoms with van der Waals surface area (Å²) in [5, 5.41) is 1.87. The highest BCUT2D eigenvalue weighted by Gasteiger charge is 2.39. The van der Waals surface area contributed by atoms with Gasteiger partial charge in [0.15, 0.2) is 0 Å². The van der Waals surface area contributed by atoms with Crippen molar-refractivity contribution >= 4 is 27.5 Å². The van der Waals surface area contributed by atoms with E-state index < -0.39 is 12.1 Å². The first-order chi connectivity index (χ1) is 9.88. The number of carbonyl (C=O) groups is 1. The molecule has 0 aromatic heterocycles. The first-order valence-electron chi connectivity index (χ1n) is 6.13. The lowest BCUT2D eigenvalue weighted by molar-refractivity contribution is -0.167. The van der Waals surface area contributed by atoms with E-state index in [1.54, 1.807) is 12.1 Å². The molecule has 0 heterocycles. The Kier molecular flexibility index (Phi) is 3.28. The van der Waals surface area contributed by atoms with Crippen LogP contribution in [0.1, 0.15) is 16.0 Å². The molecule has 6 heteroatoms. The third-order valence-corrected chi connectivity index (χ3v) is 4.35. The number of rotatable bonds is 1. The van der Waals surface area contributed by atoms with Gasteiger partial charge in [0.05, 0.1) is 4.83 Å². The predicted molar refractivity (Wildman–Crippen MR) is 77.3 cm³/mol. The van der Waals surface area contributed by atoms with Crippen molar-refractivity contribution in [1.82, 2.24) is 0 Å². The number of hydrogen-bond donors (Lipinski definition) is 1. The molecule has 0 saturated carbocycles. The van der Waals surface area contributed by atoms with Gasteiger partial charge in [0.2, 0.25) is 0 Å². The van der Waals surface area contributed by atoms with Crippen LogP contribution < -0.4 is 5.32 Å². The summed E-state index contributed by atoms with van der Waals surface area (Å²) in [6, 6.07) is 12.5. The van der Waals surface area contributed by atoms with Crippen molar-refractivity contribution in [3.8, 4) is 11.1 Å². The van der Waals surface area contributed by atoms with Gasteiger partial charge in [-0.05, 0) is 34.4 Å². The Morgan fingerprint density at radius 2 is 1.71 bits per heavy atom. The van der Waals surface area contributed by atoms with Gasteiger partial charge in [0, 0.05) is 5.69 Å². The van der Waals surface area contributed by atoms with Gasteiger partial charge in [-0.15, -0.1) is 0 Å². The molecule has 2 nitrogen and oxygen atoms in total. The lowest BCUT2D eigenvalue weighted by Gasteiger charge is -2.10. The van der Waals surface area contributed by atoms with Gasteiger partial charge in [0.25, 0.3) is 0 Å². The van der Waals surface area contributed by atoms with Crippen LogP contribution in [0.3, 0.4) is 0 Å². The highest BCUT2D eigenvalue weighted by atomic mass is 79.9. The normalized spacial score (nSPS) is 16.3. The standard InChI is InChI=1S/C15H9BrF3NO/c16-13-11-4-2-1-3-9(11)10-6-5-8(7-12(10)13)20-14(21)15(17,18)19/h1-7,13H,(H,20,21)/t13-/m0/s1. The molecule has 21 heavy (non-hydrogen) atoms. The van der Waals surface area contributed by atoms with Crippen LogP contribution in [0.5, 0.6) is 0 Å². The van der Waals surface area contributed by atoms with Gasteiger partial charge in [-0.3, -0.25) is 4.79 Å². The molecular weight excluding hydrogens is 347 g/mol. The number of benzene rings is 2. The number of fused-ring (bicyclic) bond motifs is 3. The van der Waals surface area contributed by atoms with E-state index >= 15 is 0 Å².